The minimum absolute atomic E-state index is 0.00920. The standard InChI is InChI=1S/C15H24N2O3S2/c1-22(18,19)17-7-8-20-13-15(12-17)3-5-16(6-4-15)10-14-2-9-21-11-14/h2,9,11H,3-8,10,12-13H2,1H3. The van der Waals surface area contributed by atoms with Crippen LogP contribution >= 0.6 is 11.3 Å². The summed E-state index contributed by atoms with van der Waals surface area (Å²) >= 11 is 1.74. The van der Waals surface area contributed by atoms with Crippen molar-refractivity contribution in [2.45, 2.75) is 19.4 Å². The van der Waals surface area contributed by atoms with E-state index in [4.69, 9.17) is 4.74 Å². The average molecular weight is 345 g/mol. The molecule has 3 rings (SSSR count). The zero-order valence-corrected chi connectivity index (χ0v) is 14.7. The van der Waals surface area contributed by atoms with E-state index < -0.39 is 10.0 Å². The first-order chi connectivity index (χ1) is 10.5. The number of ether oxygens (including phenoxy) is 1. The van der Waals surface area contributed by atoms with Crippen LogP contribution in [-0.4, -0.2) is 63.3 Å². The molecular weight excluding hydrogens is 320 g/mol. The van der Waals surface area contributed by atoms with Crippen molar-refractivity contribution in [3.05, 3.63) is 22.4 Å². The summed E-state index contributed by atoms with van der Waals surface area (Å²) in [4.78, 5) is 2.46. The van der Waals surface area contributed by atoms with Crippen LogP contribution in [0.2, 0.25) is 0 Å². The van der Waals surface area contributed by atoms with Crippen LogP contribution in [0.15, 0.2) is 16.8 Å². The summed E-state index contributed by atoms with van der Waals surface area (Å²) in [5.74, 6) is 0. The van der Waals surface area contributed by atoms with Gasteiger partial charge in [-0.25, -0.2) is 8.42 Å². The Labute approximate surface area is 136 Å². The second-order valence-electron chi connectivity index (χ2n) is 6.56. The lowest BCUT2D eigenvalue weighted by molar-refractivity contribution is 0.0167. The lowest BCUT2D eigenvalue weighted by Gasteiger charge is -2.42. The number of hydrogen-bond donors (Lipinski definition) is 0. The van der Waals surface area contributed by atoms with E-state index in [1.807, 2.05) is 0 Å². The third-order valence-electron chi connectivity index (χ3n) is 4.78. The van der Waals surface area contributed by atoms with Crippen molar-refractivity contribution < 1.29 is 13.2 Å². The van der Waals surface area contributed by atoms with Crippen LogP contribution in [0.3, 0.4) is 0 Å². The number of rotatable bonds is 3. The van der Waals surface area contributed by atoms with Crippen molar-refractivity contribution in [2.75, 3.05) is 45.6 Å². The van der Waals surface area contributed by atoms with Crippen LogP contribution in [0, 0.1) is 5.41 Å². The van der Waals surface area contributed by atoms with Gasteiger partial charge in [0.15, 0.2) is 0 Å². The summed E-state index contributed by atoms with van der Waals surface area (Å²) in [6.45, 7) is 5.31. The molecule has 0 atom stereocenters. The second kappa shape index (κ2) is 6.57. The molecule has 7 heteroatoms. The summed E-state index contributed by atoms with van der Waals surface area (Å²) in [6.07, 6.45) is 3.31. The third kappa shape index (κ3) is 3.89. The maximum absolute atomic E-state index is 11.9. The Balaban J connectivity index is 1.62. The van der Waals surface area contributed by atoms with Gasteiger partial charge in [0.2, 0.25) is 10.0 Å². The Hall–Kier alpha value is -0.470. The fourth-order valence-corrected chi connectivity index (χ4v) is 4.94. The van der Waals surface area contributed by atoms with E-state index in [-0.39, 0.29) is 5.41 Å². The van der Waals surface area contributed by atoms with E-state index >= 15 is 0 Å². The summed E-state index contributed by atoms with van der Waals surface area (Å²) in [5, 5.41) is 4.31. The molecule has 22 heavy (non-hydrogen) atoms. The molecule has 5 nitrogen and oxygen atoms in total. The smallest absolute Gasteiger partial charge is 0.211 e. The van der Waals surface area contributed by atoms with Gasteiger partial charge in [-0.1, -0.05) is 0 Å². The van der Waals surface area contributed by atoms with Gasteiger partial charge in [0.1, 0.15) is 0 Å². The van der Waals surface area contributed by atoms with Crippen LogP contribution in [0.4, 0.5) is 0 Å². The Kier molecular flexibility index (Phi) is 4.89. The molecule has 1 aromatic heterocycles. The monoisotopic (exact) mass is 344 g/mol. The van der Waals surface area contributed by atoms with Gasteiger partial charge < -0.3 is 4.74 Å². The minimum atomic E-state index is -3.14. The first-order valence-corrected chi connectivity index (χ1v) is 10.5. The molecule has 2 aliphatic rings. The molecule has 0 radical (unpaired) electrons. The predicted molar refractivity (Wildman–Crippen MR) is 88.5 cm³/mol. The Morgan fingerprint density at radius 1 is 1.32 bits per heavy atom. The van der Waals surface area contributed by atoms with Crippen molar-refractivity contribution >= 4 is 21.4 Å². The molecule has 1 aromatic rings. The normalized spacial score (nSPS) is 24.4. The summed E-state index contributed by atoms with van der Waals surface area (Å²) < 4.78 is 31.1. The zero-order valence-electron chi connectivity index (χ0n) is 13.0. The van der Waals surface area contributed by atoms with E-state index in [9.17, 15) is 8.42 Å². The van der Waals surface area contributed by atoms with Crippen molar-refractivity contribution in [3.63, 3.8) is 0 Å². The van der Waals surface area contributed by atoms with Crippen molar-refractivity contribution in [3.8, 4) is 0 Å². The summed E-state index contributed by atoms with van der Waals surface area (Å²) in [7, 11) is -3.14. The van der Waals surface area contributed by atoms with E-state index in [1.54, 1.807) is 15.6 Å². The Morgan fingerprint density at radius 3 is 2.73 bits per heavy atom. The fraction of sp³-hybridized carbons (Fsp3) is 0.733. The predicted octanol–water partition coefficient (Wildman–Crippen LogP) is 1.62. The van der Waals surface area contributed by atoms with Gasteiger partial charge in [0.25, 0.3) is 0 Å². The van der Waals surface area contributed by atoms with Gasteiger partial charge in [-0.15, -0.1) is 0 Å². The molecule has 2 fully saturated rings. The number of piperidine rings is 1. The first-order valence-electron chi connectivity index (χ1n) is 7.73. The molecule has 0 unspecified atom stereocenters. The molecule has 3 heterocycles. The van der Waals surface area contributed by atoms with Gasteiger partial charge in [-0.3, -0.25) is 4.90 Å². The molecule has 2 aliphatic heterocycles. The molecule has 0 N–H and O–H groups in total. The van der Waals surface area contributed by atoms with Gasteiger partial charge >= 0.3 is 0 Å². The maximum atomic E-state index is 11.9. The minimum Gasteiger partial charge on any atom is -0.379 e. The molecule has 0 saturated carbocycles. The molecule has 124 valence electrons. The SMILES string of the molecule is CS(=O)(=O)N1CCOCC2(CCN(Cc3ccsc3)CC2)C1. The number of likely N-dealkylation sites (tertiary alicyclic amines) is 1. The van der Waals surface area contributed by atoms with Gasteiger partial charge in [0, 0.05) is 25.0 Å². The van der Waals surface area contributed by atoms with E-state index in [0.717, 1.165) is 32.5 Å². The first kappa shape index (κ1) is 16.4. The van der Waals surface area contributed by atoms with Crippen LogP contribution in [0.1, 0.15) is 18.4 Å². The second-order valence-corrected chi connectivity index (χ2v) is 9.32. The highest BCUT2D eigenvalue weighted by molar-refractivity contribution is 7.88. The lowest BCUT2D eigenvalue weighted by atomic mass is 9.79. The lowest BCUT2D eigenvalue weighted by Crippen LogP contribution is -2.48. The van der Waals surface area contributed by atoms with E-state index in [1.165, 1.54) is 11.8 Å². The van der Waals surface area contributed by atoms with Gasteiger partial charge in [-0.2, -0.15) is 15.6 Å². The Morgan fingerprint density at radius 2 is 2.09 bits per heavy atom. The van der Waals surface area contributed by atoms with Crippen LogP contribution in [0.25, 0.3) is 0 Å². The highest BCUT2D eigenvalue weighted by atomic mass is 32.2. The largest absolute Gasteiger partial charge is 0.379 e. The quantitative estimate of drug-likeness (QED) is 0.836. The van der Waals surface area contributed by atoms with E-state index in [0.29, 0.717) is 26.3 Å². The zero-order chi connectivity index (χ0) is 15.6. The van der Waals surface area contributed by atoms with Crippen LogP contribution in [-0.2, 0) is 21.3 Å². The molecule has 2 saturated heterocycles. The highest BCUT2D eigenvalue weighted by Crippen LogP contribution is 2.35. The third-order valence-corrected chi connectivity index (χ3v) is 6.76. The molecule has 0 amide bonds. The summed E-state index contributed by atoms with van der Waals surface area (Å²) in [5.41, 5.74) is 1.36. The van der Waals surface area contributed by atoms with Crippen molar-refractivity contribution in [1.29, 1.82) is 0 Å². The number of thiophene rings is 1. The van der Waals surface area contributed by atoms with Gasteiger partial charge in [0.05, 0.1) is 19.5 Å². The molecule has 0 aromatic carbocycles. The van der Waals surface area contributed by atoms with Gasteiger partial charge in [-0.05, 0) is 48.3 Å². The average Bonchev–Trinajstić information content (AvgIpc) is 2.88. The maximum Gasteiger partial charge on any atom is 0.211 e. The fourth-order valence-electron chi connectivity index (χ4n) is 3.37. The summed E-state index contributed by atoms with van der Waals surface area (Å²) in [6, 6.07) is 2.18. The topological polar surface area (TPSA) is 49.9 Å². The molecule has 0 aliphatic carbocycles. The molecule has 0 bridgehead atoms. The van der Waals surface area contributed by atoms with Crippen LogP contribution in [0.5, 0.6) is 0 Å². The number of nitrogens with zero attached hydrogens (tertiary/aromatic N) is 2. The molecular formula is C15H24N2O3S2. The highest BCUT2D eigenvalue weighted by Gasteiger charge is 2.40. The Bertz CT molecular complexity index is 578. The number of hydrogen-bond acceptors (Lipinski definition) is 5. The molecule has 1 spiro atoms. The van der Waals surface area contributed by atoms with Crippen LogP contribution < -0.4 is 0 Å². The number of sulfonamides is 1. The van der Waals surface area contributed by atoms with E-state index in [2.05, 4.69) is 21.7 Å². The van der Waals surface area contributed by atoms with Crippen molar-refractivity contribution in [2.24, 2.45) is 5.41 Å². The van der Waals surface area contributed by atoms with Crippen molar-refractivity contribution in [1.82, 2.24) is 9.21 Å².